The zero-order valence-electron chi connectivity index (χ0n) is 11.9. The van der Waals surface area contributed by atoms with E-state index >= 15 is 0 Å². The molecular formula is C15H16ClNO3. The molecule has 0 fully saturated rings. The predicted octanol–water partition coefficient (Wildman–Crippen LogP) is 4.00. The molecule has 2 aromatic rings. The van der Waals surface area contributed by atoms with Gasteiger partial charge in [0.15, 0.2) is 12.0 Å². The second-order valence-corrected chi connectivity index (χ2v) is 5.45. The minimum absolute atomic E-state index is 0.369. The van der Waals surface area contributed by atoms with Crippen molar-refractivity contribution in [1.82, 2.24) is 5.16 Å². The largest absolute Gasteiger partial charge is 0.371 e. The number of ether oxygens (including phenoxy) is 1. The van der Waals surface area contributed by atoms with Gasteiger partial charge in [0.05, 0.1) is 10.6 Å². The zero-order chi connectivity index (χ0) is 14.9. The molecule has 0 radical (unpaired) electrons. The van der Waals surface area contributed by atoms with Gasteiger partial charge < -0.3 is 9.26 Å². The minimum atomic E-state index is -0.739. The molecule has 0 unspecified atom stereocenters. The number of hydrogen-bond acceptors (Lipinski definition) is 4. The fraction of sp³-hybridized carbons (Fsp3) is 0.333. The zero-order valence-corrected chi connectivity index (χ0v) is 12.6. The van der Waals surface area contributed by atoms with Crippen LogP contribution in [0.1, 0.15) is 35.5 Å². The summed E-state index contributed by atoms with van der Waals surface area (Å²) in [4.78, 5) is 11.5. The normalized spacial score (nSPS) is 11.7. The van der Waals surface area contributed by atoms with Crippen LogP contribution in [0.15, 0.2) is 22.7 Å². The van der Waals surface area contributed by atoms with E-state index in [0.717, 1.165) is 11.8 Å². The molecule has 1 heterocycles. The van der Waals surface area contributed by atoms with Crippen molar-refractivity contribution >= 4 is 17.9 Å². The number of benzene rings is 1. The molecule has 0 saturated heterocycles. The maximum absolute atomic E-state index is 11.5. The summed E-state index contributed by atoms with van der Waals surface area (Å²) in [5, 5.41) is 4.55. The van der Waals surface area contributed by atoms with Gasteiger partial charge in [-0.2, -0.15) is 0 Å². The molecular weight excluding hydrogens is 278 g/mol. The van der Waals surface area contributed by atoms with Crippen molar-refractivity contribution in [1.29, 1.82) is 0 Å². The van der Waals surface area contributed by atoms with Crippen molar-refractivity contribution in [3.63, 3.8) is 0 Å². The van der Waals surface area contributed by atoms with Crippen LogP contribution in [0.25, 0.3) is 11.3 Å². The highest BCUT2D eigenvalue weighted by molar-refractivity contribution is 6.33. The number of aromatic nitrogens is 1. The summed E-state index contributed by atoms with van der Waals surface area (Å²) < 4.78 is 10.7. The molecule has 0 atom stereocenters. The number of nitrogens with zero attached hydrogens (tertiary/aromatic N) is 1. The van der Waals surface area contributed by atoms with Crippen molar-refractivity contribution in [3.05, 3.63) is 40.1 Å². The maximum atomic E-state index is 11.5. The number of methoxy groups -OCH3 is 1. The lowest BCUT2D eigenvalue weighted by molar-refractivity contribution is -0.00398. The van der Waals surface area contributed by atoms with Crippen LogP contribution in [-0.4, -0.2) is 18.6 Å². The average molecular weight is 294 g/mol. The highest BCUT2D eigenvalue weighted by Crippen LogP contribution is 2.37. The van der Waals surface area contributed by atoms with Gasteiger partial charge in [-0.1, -0.05) is 28.9 Å². The topological polar surface area (TPSA) is 52.3 Å². The van der Waals surface area contributed by atoms with Crippen LogP contribution in [0.2, 0.25) is 5.02 Å². The molecule has 0 N–H and O–H groups in total. The minimum Gasteiger partial charge on any atom is -0.371 e. The second-order valence-electron chi connectivity index (χ2n) is 5.04. The Balaban J connectivity index is 2.69. The molecule has 1 aromatic carbocycles. The summed E-state index contributed by atoms with van der Waals surface area (Å²) in [6.45, 7) is 5.53. The van der Waals surface area contributed by atoms with Crippen LogP contribution in [-0.2, 0) is 10.3 Å². The Morgan fingerprint density at radius 1 is 1.40 bits per heavy atom. The lowest BCUT2D eigenvalue weighted by atomic mass is 9.96. The smallest absolute Gasteiger partial charge is 0.179 e. The molecule has 0 aliphatic rings. The Kier molecular flexibility index (Phi) is 3.97. The van der Waals surface area contributed by atoms with Gasteiger partial charge in [-0.25, -0.2) is 0 Å². The molecule has 0 bridgehead atoms. The van der Waals surface area contributed by atoms with E-state index in [4.69, 9.17) is 20.9 Å². The van der Waals surface area contributed by atoms with Crippen molar-refractivity contribution in [3.8, 4) is 11.3 Å². The second kappa shape index (κ2) is 5.38. The number of rotatable bonds is 4. The van der Waals surface area contributed by atoms with E-state index in [1.54, 1.807) is 13.2 Å². The van der Waals surface area contributed by atoms with Gasteiger partial charge in [0.2, 0.25) is 0 Å². The molecule has 1 aromatic heterocycles. The van der Waals surface area contributed by atoms with E-state index in [1.807, 2.05) is 32.9 Å². The van der Waals surface area contributed by atoms with Crippen LogP contribution in [0.4, 0.5) is 0 Å². The van der Waals surface area contributed by atoms with Crippen molar-refractivity contribution < 1.29 is 14.1 Å². The Bertz CT molecular complexity index is 626. The molecule has 5 heteroatoms. The Hall–Kier alpha value is -1.65. The van der Waals surface area contributed by atoms with Crippen LogP contribution in [0.5, 0.6) is 0 Å². The van der Waals surface area contributed by atoms with Crippen LogP contribution in [0, 0.1) is 6.92 Å². The van der Waals surface area contributed by atoms with Gasteiger partial charge in [0, 0.05) is 12.7 Å². The lowest BCUT2D eigenvalue weighted by Crippen LogP contribution is -2.20. The van der Waals surface area contributed by atoms with E-state index < -0.39 is 5.60 Å². The third-order valence-electron chi connectivity index (χ3n) is 3.36. The van der Waals surface area contributed by atoms with Gasteiger partial charge in [-0.3, -0.25) is 4.79 Å². The first-order valence-electron chi connectivity index (χ1n) is 6.18. The van der Waals surface area contributed by atoms with E-state index in [1.165, 1.54) is 0 Å². The fourth-order valence-electron chi connectivity index (χ4n) is 2.05. The molecule has 2 rings (SSSR count). The predicted molar refractivity (Wildman–Crippen MR) is 77.1 cm³/mol. The third kappa shape index (κ3) is 2.37. The quantitative estimate of drug-likeness (QED) is 0.800. The first-order valence-corrected chi connectivity index (χ1v) is 6.56. The molecule has 0 spiro atoms. The monoisotopic (exact) mass is 293 g/mol. The summed E-state index contributed by atoms with van der Waals surface area (Å²) in [6.07, 6.45) is 0.727. The maximum Gasteiger partial charge on any atom is 0.179 e. The summed E-state index contributed by atoms with van der Waals surface area (Å²) in [5.41, 5.74) is 1.71. The third-order valence-corrected chi connectivity index (χ3v) is 3.68. The summed E-state index contributed by atoms with van der Waals surface area (Å²) in [6, 6.07) is 5.52. The SMILES string of the molecule is COC(C)(C)c1onc(-c2c(C)cccc2Cl)c1C=O. The Labute approximate surface area is 122 Å². The van der Waals surface area contributed by atoms with Crippen molar-refractivity contribution in [2.45, 2.75) is 26.4 Å². The van der Waals surface area contributed by atoms with Crippen LogP contribution in [0.3, 0.4) is 0 Å². The molecule has 106 valence electrons. The van der Waals surface area contributed by atoms with Crippen molar-refractivity contribution in [2.75, 3.05) is 7.11 Å². The molecule has 0 aliphatic carbocycles. The Morgan fingerprint density at radius 2 is 2.10 bits per heavy atom. The van der Waals surface area contributed by atoms with Gasteiger partial charge in [0.1, 0.15) is 11.3 Å². The number of hydrogen-bond donors (Lipinski definition) is 0. The van der Waals surface area contributed by atoms with E-state index in [2.05, 4.69) is 5.16 Å². The van der Waals surface area contributed by atoms with Gasteiger partial charge in [0.25, 0.3) is 0 Å². The van der Waals surface area contributed by atoms with E-state index in [9.17, 15) is 4.79 Å². The number of carbonyl (C=O) groups is 1. The number of aryl methyl sites for hydroxylation is 1. The number of halogens is 1. The standard InChI is InChI=1S/C15H16ClNO3/c1-9-6-5-7-11(16)12(9)13-10(8-18)14(20-17-13)15(2,3)19-4/h5-8H,1-4H3. The van der Waals surface area contributed by atoms with E-state index in [0.29, 0.717) is 27.6 Å². The summed E-state index contributed by atoms with van der Waals surface area (Å²) in [7, 11) is 1.55. The fourth-order valence-corrected chi connectivity index (χ4v) is 2.36. The molecule has 0 amide bonds. The Morgan fingerprint density at radius 3 is 2.65 bits per heavy atom. The highest BCUT2D eigenvalue weighted by atomic mass is 35.5. The van der Waals surface area contributed by atoms with E-state index in [-0.39, 0.29) is 0 Å². The summed E-state index contributed by atoms with van der Waals surface area (Å²) in [5.74, 6) is 0.393. The first-order chi connectivity index (χ1) is 9.42. The first kappa shape index (κ1) is 14.8. The lowest BCUT2D eigenvalue weighted by Gasteiger charge is -2.19. The molecule has 4 nitrogen and oxygen atoms in total. The average Bonchev–Trinajstić information content (AvgIpc) is 2.83. The van der Waals surface area contributed by atoms with Gasteiger partial charge in [-0.05, 0) is 32.4 Å². The number of carbonyl (C=O) groups excluding carboxylic acids is 1. The van der Waals surface area contributed by atoms with Gasteiger partial charge in [-0.15, -0.1) is 0 Å². The summed E-state index contributed by atoms with van der Waals surface area (Å²) >= 11 is 6.22. The van der Waals surface area contributed by atoms with Crippen molar-refractivity contribution in [2.24, 2.45) is 0 Å². The highest BCUT2D eigenvalue weighted by Gasteiger charge is 2.31. The van der Waals surface area contributed by atoms with Crippen LogP contribution < -0.4 is 0 Å². The van der Waals surface area contributed by atoms with Gasteiger partial charge >= 0.3 is 0 Å². The van der Waals surface area contributed by atoms with Crippen LogP contribution >= 0.6 is 11.6 Å². The molecule has 0 aliphatic heterocycles. The molecule has 20 heavy (non-hydrogen) atoms. The molecule has 0 saturated carbocycles. The number of aldehydes is 1.